The van der Waals surface area contributed by atoms with E-state index in [1.165, 1.54) is 40.1 Å². The average Bonchev–Trinajstić information content (AvgIpc) is 2.89. The highest BCUT2D eigenvalue weighted by Crippen LogP contribution is 2.33. The van der Waals surface area contributed by atoms with E-state index in [4.69, 9.17) is 0 Å². The number of anilines is 1. The van der Waals surface area contributed by atoms with E-state index in [0.717, 1.165) is 25.2 Å². The van der Waals surface area contributed by atoms with Crippen LogP contribution in [0.5, 0.6) is 0 Å². The smallest absolute Gasteiger partial charge is 0.115 e. The van der Waals surface area contributed by atoms with Gasteiger partial charge in [0.15, 0.2) is 0 Å². The third-order valence-electron chi connectivity index (χ3n) is 2.92. The summed E-state index contributed by atoms with van der Waals surface area (Å²) in [7, 11) is 0. The molecule has 0 unspecified atom stereocenters. The van der Waals surface area contributed by atoms with Gasteiger partial charge >= 0.3 is 0 Å². The van der Waals surface area contributed by atoms with E-state index in [1.807, 2.05) is 5.38 Å². The number of hydrogen-bond acceptors (Lipinski definition) is 6. The first kappa shape index (κ1) is 11.1. The third-order valence-corrected chi connectivity index (χ3v) is 4.55. The molecule has 0 saturated carbocycles. The Balaban J connectivity index is 1.88. The Kier molecular flexibility index (Phi) is 3.07. The SMILES string of the molecule is Cc1nc2c(s1)N(Cc1csnn1)CCCC2. The molecule has 1 aliphatic rings. The molecule has 6 heteroatoms. The molecule has 0 N–H and O–H groups in total. The lowest BCUT2D eigenvalue weighted by molar-refractivity contribution is 0.706. The van der Waals surface area contributed by atoms with Crippen molar-refractivity contribution in [3.63, 3.8) is 0 Å². The van der Waals surface area contributed by atoms with Crippen molar-refractivity contribution in [2.75, 3.05) is 11.4 Å². The monoisotopic (exact) mass is 266 g/mol. The predicted molar refractivity (Wildman–Crippen MR) is 70.7 cm³/mol. The fraction of sp³-hybridized carbons (Fsp3) is 0.545. The average molecular weight is 266 g/mol. The summed E-state index contributed by atoms with van der Waals surface area (Å²) in [6.07, 6.45) is 3.59. The Bertz CT molecular complexity index is 492. The fourth-order valence-corrected chi connectivity index (χ4v) is 3.59. The molecule has 2 aromatic heterocycles. The molecule has 0 spiro atoms. The van der Waals surface area contributed by atoms with E-state index in [9.17, 15) is 0 Å². The van der Waals surface area contributed by atoms with Crippen LogP contribution in [0.15, 0.2) is 5.38 Å². The molecule has 0 fully saturated rings. The minimum atomic E-state index is 0.866. The molecule has 0 saturated heterocycles. The van der Waals surface area contributed by atoms with E-state index in [1.54, 1.807) is 11.3 Å². The summed E-state index contributed by atoms with van der Waals surface area (Å²) in [6.45, 7) is 4.05. The summed E-state index contributed by atoms with van der Waals surface area (Å²) in [6, 6.07) is 0. The minimum Gasteiger partial charge on any atom is -0.356 e. The molecule has 3 heterocycles. The van der Waals surface area contributed by atoms with Gasteiger partial charge in [-0.05, 0) is 37.7 Å². The maximum atomic E-state index is 4.63. The number of fused-ring (bicyclic) bond motifs is 1. The largest absolute Gasteiger partial charge is 0.356 e. The second kappa shape index (κ2) is 4.70. The molecule has 90 valence electrons. The quantitative estimate of drug-likeness (QED) is 0.838. The van der Waals surface area contributed by atoms with Crippen molar-refractivity contribution in [1.82, 2.24) is 14.6 Å². The van der Waals surface area contributed by atoms with Gasteiger partial charge in [-0.25, -0.2) is 4.98 Å². The van der Waals surface area contributed by atoms with Gasteiger partial charge in [0.1, 0.15) is 5.00 Å². The summed E-state index contributed by atoms with van der Waals surface area (Å²) in [5, 5.41) is 8.66. The molecule has 0 atom stereocenters. The van der Waals surface area contributed by atoms with Crippen LogP contribution < -0.4 is 4.90 Å². The summed E-state index contributed by atoms with van der Waals surface area (Å²) in [5.41, 5.74) is 2.34. The predicted octanol–water partition coefficient (Wildman–Crippen LogP) is 2.65. The Morgan fingerprint density at radius 3 is 3.18 bits per heavy atom. The minimum absolute atomic E-state index is 0.866. The van der Waals surface area contributed by atoms with Gasteiger partial charge < -0.3 is 4.90 Å². The lowest BCUT2D eigenvalue weighted by Gasteiger charge is -2.20. The van der Waals surface area contributed by atoms with E-state index in [2.05, 4.69) is 26.4 Å². The van der Waals surface area contributed by atoms with Crippen LogP contribution in [0, 0.1) is 6.92 Å². The van der Waals surface area contributed by atoms with Crippen molar-refractivity contribution < 1.29 is 0 Å². The summed E-state index contributed by atoms with van der Waals surface area (Å²) < 4.78 is 3.93. The number of aryl methyl sites for hydroxylation is 2. The number of rotatable bonds is 2. The highest BCUT2D eigenvalue weighted by Gasteiger charge is 2.20. The second-order valence-electron chi connectivity index (χ2n) is 4.26. The van der Waals surface area contributed by atoms with Crippen molar-refractivity contribution in [2.45, 2.75) is 32.7 Å². The maximum Gasteiger partial charge on any atom is 0.115 e. The molecular weight excluding hydrogens is 252 g/mol. The number of nitrogens with zero attached hydrogens (tertiary/aromatic N) is 4. The Morgan fingerprint density at radius 2 is 2.35 bits per heavy atom. The first-order valence-corrected chi connectivity index (χ1v) is 7.45. The normalized spacial score (nSPS) is 15.7. The topological polar surface area (TPSA) is 41.9 Å². The lowest BCUT2D eigenvalue weighted by atomic mass is 10.2. The van der Waals surface area contributed by atoms with Crippen molar-refractivity contribution in [2.24, 2.45) is 0 Å². The van der Waals surface area contributed by atoms with Gasteiger partial charge in [-0.3, -0.25) is 0 Å². The van der Waals surface area contributed by atoms with Crippen LogP contribution in [0.4, 0.5) is 5.00 Å². The van der Waals surface area contributed by atoms with Gasteiger partial charge in [0.2, 0.25) is 0 Å². The molecule has 0 bridgehead atoms. The van der Waals surface area contributed by atoms with E-state index in [-0.39, 0.29) is 0 Å². The number of thiazole rings is 1. The standard InChI is InChI=1S/C11H14N4S2/c1-8-12-10-4-2-3-5-15(11(10)17-8)6-9-7-16-14-13-9/h7H,2-6H2,1H3. The van der Waals surface area contributed by atoms with E-state index < -0.39 is 0 Å². The molecule has 0 aliphatic carbocycles. The number of aromatic nitrogens is 3. The van der Waals surface area contributed by atoms with E-state index >= 15 is 0 Å². The van der Waals surface area contributed by atoms with Crippen LogP contribution in [0.2, 0.25) is 0 Å². The Morgan fingerprint density at radius 1 is 1.41 bits per heavy atom. The van der Waals surface area contributed by atoms with Crippen molar-refractivity contribution in [3.8, 4) is 0 Å². The van der Waals surface area contributed by atoms with Crippen LogP contribution in [0.25, 0.3) is 0 Å². The first-order chi connectivity index (χ1) is 8.33. The molecule has 1 aliphatic heterocycles. The molecule has 0 aromatic carbocycles. The second-order valence-corrected chi connectivity index (χ2v) is 6.05. The Labute approximate surface area is 108 Å². The molecule has 2 aromatic rings. The van der Waals surface area contributed by atoms with Gasteiger partial charge in [0.25, 0.3) is 0 Å². The third kappa shape index (κ3) is 2.32. The zero-order chi connectivity index (χ0) is 11.7. The summed E-state index contributed by atoms with van der Waals surface area (Å²) in [5.74, 6) is 0. The zero-order valence-electron chi connectivity index (χ0n) is 9.72. The first-order valence-electron chi connectivity index (χ1n) is 5.80. The van der Waals surface area contributed by atoms with Gasteiger partial charge in [-0.1, -0.05) is 4.49 Å². The van der Waals surface area contributed by atoms with Crippen LogP contribution in [0.1, 0.15) is 29.2 Å². The molecule has 4 nitrogen and oxygen atoms in total. The van der Waals surface area contributed by atoms with Gasteiger partial charge in [-0.15, -0.1) is 16.4 Å². The highest BCUT2D eigenvalue weighted by molar-refractivity contribution is 7.15. The van der Waals surface area contributed by atoms with Crippen LogP contribution in [-0.4, -0.2) is 21.1 Å². The zero-order valence-corrected chi connectivity index (χ0v) is 11.4. The number of hydrogen-bond donors (Lipinski definition) is 0. The molecular formula is C11H14N4S2. The highest BCUT2D eigenvalue weighted by atomic mass is 32.1. The van der Waals surface area contributed by atoms with Gasteiger partial charge in [-0.2, -0.15) is 0 Å². The Hall–Kier alpha value is -1.01. The van der Waals surface area contributed by atoms with Gasteiger partial charge in [0, 0.05) is 11.9 Å². The van der Waals surface area contributed by atoms with Crippen molar-refractivity contribution >= 4 is 27.9 Å². The molecule has 0 amide bonds. The fourth-order valence-electron chi connectivity index (χ4n) is 2.17. The van der Waals surface area contributed by atoms with Gasteiger partial charge in [0.05, 0.1) is 22.9 Å². The van der Waals surface area contributed by atoms with Crippen molar-refractivity contribution in [1.29, 1.82) is 0 Å². The summed E-state index contributed by atoms with van der Waals surface area (Å²) >= 11 is 3.22. The summed E-state index contributed by atoms with van der Waals surface area (Å²) in [4.78, 5) is 7.04. The van der Waals surface area contributed by atoms with Crippen molar-refractivity contribution in [3.05, 3.63) is 21.8 Å². The molecule has 0 radical (unpaired) electrons. The van der Waals surface area contributed by atoms with E-state index in [0.29, 0.717) is 0 Å². The molecule has 3 rings (SSSR count). The van der Waals surface area contributed by atoms with Crippen LogP contribution >= 0.6 is 22.9 Å². The van der Waals surface area contributed by atoms with Crippen LogP contribution in [0.3, 0.4) is 0 Å². The lowest BCUT2D eigenvalue weighted by Crippen LogP contribution is -2.22. The maximum absolute atomic E-state index is 4.63. The molecule has 17 heavy (non-hydrogen) atoms. The van der Waals surface area contributed by atoms with Crippen LogP contribution in [-0.2, 0) is 13.0 Å².